The zero-order chi connectivity index (χ0) is 28.7. The van der Waals surface area contributed by atoms with Crippen LogP contribution in [0.25, 0.3) is 10.9 Å². The van der Waals surface area contributed by atoms with Crippen LogP contribution in [-0.4, -0.2) is 71.7 Å². The van der Waals surface area contributed by atoms with E-state index in [0.29, 0.717) is 58.6 Å². The van der Waals surface area contributed by atoms with Gasteiger partial charge in [0.1, 0.15) is 11.4 Å². The Morgan fingerprint density at radius 2 is 1.80 bits per heavy atom. The summed E-state index contributed by atoms with van der Waals surface area (Å²) in [5, 5.41) is 14.7. The van der Waals surface area contributed by atoms with Crippen LogP contribution in [0.2, 0.25) is 0 Å². The quantitative estimate of drug-likeness (QED) is 0.213. The Labute approximate surface area is 233 Å². The van der Waals surface area contributed by atoms with Gasteiger partial charge in [0.25, 0.3) is 5.69 Å². The predicted molar refractivity (Wildman–Crippen MR) is 153 cm³/mol. The van der Waals surface area contributed by atoms with Gasteiger partial charge in [0.05, 0.1) is 11.5 Å². The summed E-state index contributed by atoms with van der Waals surface area (Å²) >= 11 is 0. The summed E-state index contributed by atoms with van der Waals surface area (Å²) in [4.78, 5) is 42.3. The third-order valence-corrected chi connectivity index (χ3v) is 6.66. The van der Waals surface area contributed by atoms with Crippen molar-refractivity contribution in [1.29, 1.82) is 0 Å². The summed E-state index contributed by atoms with van der Waals surface area (Å²) in [6, 6.07) is 12.4. The number of amides is 2. The lowest BCUT2D eigenvalue weighted by Crippen LogP contribution is -2.48. The van der Waals surface area contributed by atoms with Gasteiger partial charge in [-0.2, -0.15) is 0 Å². The number of aromatic nitrogens is 1. The Kier molecular flexibility index (Phi) is 9.13. The molecule has 1 aliphatic rings. The summed E-state index contributed by atoms with van der Waals surface area (Å²) < 4.78 is 11.2. The van der Waals surface area contributed by atoms with Gasteiger partial charge in [-0.05, 0) is 69.5 Å². The van der Waals surface area contributed by atoms with Gasteiger partial charge in [-0.3, -0.25) is 14.9 Å². The Hall–Kier alpha value is -4.28. The van der Waals surface area contributed by atoms with Crippen LogP contribution in [0.4, 0.5) is 16.2 Å². The number of hydrogen-bond acceptors (Lipinski definition) is 7. The number of alkyl carbamates (subject to hydrolysis) is 1. The molecule has 0 bridgehead atoms. The van der Waals surface area contributed by atoms with Gasteiger partial charge in [-0.25, -0.2) is 4.79 Å². The van der Waals surface area contributed by atoms with Crippen LogP contribution in [0.3, 0.4) is 0 Å². The first-order valence-corrected chi connectivity index (χ1v) is 13.6. The number of rotatable bonds is 10. The number of nitro benzene ring substituents is 1. The number of nitro groups is 1. The molecule has 0 spiro atoms. The molecule has 0 unspecified atom stereocenters. The Morgan fingerprint density at radius 3 is 2.48 bits per heavy atom. The first kappa shape index (κ1) is 28.7. The lowest BCUT2D eigenvalue weighted by atomic mass is 10.1. The summed E-state index contributed by atoms with van der Waals surface area (Å²) in [7, 11) is 0. The number of anilines is 1. The minimum absolute atomic E-state index is 0.0702. The fourth-order valence-corrected chi connectivity index (χ4v) is 4.64. The van der Waals surface area contributed by atoms with Gasteiger partial charge in [0.15, 0.2) is 0 Å². The molecule has 2 aromatic carbocycles. The van der Waals surface area contributed by atoms with E-state index >= 15 is 0 Å². The number of carbonyl (C=O) groups excluding carboxylic acids is 2. The Bertz CT molecular complexity index is 1320. The highest BCUT2D eigenvalue weighted by molar-refractivity contribution is 5.84. The van der Waals surface area contributed by atoms with Crippen LogP contribution in [0.1, 0.15) is 39.2 Å². The van der Waals surface area contributed by atoms with Gasteiger partial charge in [-0.15, -0.1) is 0 Å². The van der Waals surface area contributed by atoms with Crippen LogP contribution in [-0.2, 0) is 16.0 Å². The number of carbonyl (C=O) groups is 2. The molecule has 11 heteroatoms. The zero-order valence-electron chi connectivity index (χ0n) is 23.3. The summed E-state index contributed by atoms with van der Waals surface area (Å²) in [6.45, 7) is 8.98. The average Bonchev–Trinajstić information content (AvgIpc) is 3.32. The van der Waals surface area contributed by atoms with Gasteiger partial charge in [-0.1, -0.05) is 0 Å². The van der Waals surface area contributed by atoms with Gasteiger partial charge in [0, 0.05) is 74.1 Å². The molecule has 2 N–H and O–H groups in total. The monoisotopic (exact) mass is 551 g/mol. The first-order chi connectivity index (χ1) is 19.1. The second kappa shape index (κ2) is 12.7. The molecule has 0 saturated carbocycles. The normalized spacial score (nSPS) is 13.8. The molecule has 214 valence electrons. The molecule has 3 aromatic rings. The number of aromatic amines is 1. The number of nitrogens with one attached hydrogen (secondary N) is 2. The number of benzene rings is 2. The molecule has 1 fully saturated rings. The highest BCUT2D eigenvalue weighted by Crippen LogP contribution is 2.25. The van der Waals surface area contributed by atoms with Crippen molar-refractivity contribution < 1.29 is 24.0 Å². The number of ether oxygens (including phenoxy) is 2. The third kappa shape index (κ3) is 7.87. The summed E-state index contributed by atoms with van der Waals surface area (Å²) in [5.74, 6) is 0.838. The van der Waals surface area contributed by atoms with E-state index in [1.165, 1.54) is 12.1 Å². The lowest BCUT2D eigenvalue weighted by molar-refractivity contribution is -0.384. The van der Waals surface area contributed by atoms with Gasteiger partial charge >= 0.3 is 6.09 Å². The lowest BCUT2D eigenvalue weighted by Gasteiger charge is -2.36. The SMILES string of the molecule is CC(C)(C)OC(=O)NCCc1c[nH]c2ccc(OCCCC(=O)N3CCN(c4ccc([N+](=O)[O-])cc4)CC3)cc12. The van der Waals surface area contributed by atoms with Crippen molar-refractivity contribution in [3.05, 3.63) is 64.3 Å². The van der Waals surface area contributed by atoms with Gasteiger partial charge < -0.3 is 29.6 Å². The number of nitrogens with zero attached hydrogens (tertiary/aromatic N) is 3. The second-order valence-corrected chi connectivity index (χ2v) is 10.8. The average molecular weight is 552 g/mol. The number of hydrogen-bond donors (Lipinski definition) is 2. The standard InChI is InChI=1S/C29H37N5O6/c1-29(2,3)40-28(36)30-13-12-21-20-31-26-11-10-24(19-25(21)26)39-18-4-5-27(35)33-16-14-32(15-17-33)22-6-8-23(9-7-22)34(37)38/h6-11,19-20,31H,4-5,12-18H2,1-3H3,(H,30,36). The van der Waals surface area contributed by atoms with Crippen molar-refractivity contribution in [3.8, 4) is 5.75 Å². The van der Waals surface area contributed by atoms with Crippen LogP contribution < -0.4 is 15.0 Å². The van der Waals surface area contributed by atoms with Crippen molar-refractivity contribution in [2.45, 2.75) is 45.6 Å². The van der Waals surface area contributed by atoms with Crippen LogP contribution in [0, 0.1) is 10.1 Å². The van der Waals surface area contributed by atoms with E-state index in [2.05, 4.69) is 15.2 Å². The molecule has 1 aromatic heterocycles. The predicted octanol–water partition coefficient (Wildman–Crippen LogP) is 4.65. The molecule has 4 rings (SSSR count). The molecule has 1 aliphatic heterocycles. The third-order valence-electron chi connectivity index (χ3n) is 6.66. The number of fused-ring (bicyclic) bond motifs is 1. The fraction of sp³-hybridized carbons (Fsp3) is 0.448. The first-order valence-electron chi connectivity index (χ1n) is 13.6. The zero-order valence-corrected chi connectivity index (χ0v) is 23.3. The Morgan fingerprint density at radius 1 is 1.07 bits per heavy atom. The largest absolute Gasteiger partial charge is 0.494 e. The van der Waals surface area contributed by atoms with E-state index in [1.807, 2.05) is 50.1 Å². The van der Waals surface area contributed by atoms with Crippen molar-refractivity contribution in [3.63, 3.8) is 0 Å². The Balaban J connectivity index is 1.18. The molecule has 40 heavy (non-hydrogen) atoms. The molecule has 2 heterocycles. The highest BCUT2D eigenvalue weighted by Gasteiger charge is 2.21. The maximum atomic E-state index is 12.7. The molecule has 0 aliphatic carbocycles. The summed E-state index contributed by atoms with van der Waals surface area (Å²) in [6.07, 6.45) is 3.17. The molecule has 1 saturated heterocycles. The second-order valence-electron chi connectivity index (χ2n) is 10.8. The van der Waals surface area contributed by atoms with Crippen LogP contribution >= 0.6 is 0 Å². The molecule has 11 nitrogen and oxygen atoms in total. The van der Waals surface area contributed by atoms with E-state index in [1.54, 1.807) is 12.1 Å². The summed E-state index contributed by atoms with van der Waals surface area (Å²) in [5.41, 5.74) is 2.52. The highest BCUT2D eigenvalue weighted by atomic mass is 16.6. The van der Waals surface area contributed by atoms with Crippen molar-refractivity contribution >= 4 is 34.3 Å². The van der Waals surface area contributed by atoms with Crippen LogP contribution in [0.5, 0.6) is 5.75 Å². The van der Waals surface area contributed by atoms with E-state index in [9.17, 15) is 19.7 Å². The molecular weight excluding hydrogens is 514 g/mol. The van der Waals surface area contributed by atoms with E-state index in [4.69, 9.17) is 9.47 Å². The number of non-ortho nitro benzene ring substituents is 1. The van der Waals surface area contributed by atoms with E-state index < -0.39 is 16.6 Å². The molecule has 0 atom stereocenters. The molecule has 2 amide bonds. The van der Waals surface area contributed by atoms with Crippen molar-refractivity contribution in [2.24, 2.45) is 0 Å². The van der Waals surface area contributed by atoms with E-state index in [0.717, 1.165) is 27.9 Å². The maximum Gasteiger partial charge on any atom is 0.407 e. The van der Waals surface area contributed by atoms with Crippen molar-refractivity contribution in [1.82, 2.24) is 15.2 Å². The minimum atomic E-state index is -0.534. The van der Waals surface area contributed by atoms with Crippen LogP contribution in [0.15, 0.2) is 48.7 Å². The van der Waals surface area contributed by atoms with Crippen molar-refractivity contribution in [2.75, 3.05) is 44.2 Å². The van der Waals surface area contributed by atoms with E-state index in [-0.39, 0.29) is 11.6 Å². The maximum absolute atomic E-state index is 12.7. The fourth-order valence-electron chi connectivity index (χ4n) is 4.64. The smallest absolute Gasteiger partial charge is 0.407 e. The number of H-pyrrole nitrogens is 1. The molecule has 0 radical (unpaired) electrons. The topological polar surface area (TPSA) is 130 Å². The number of piperazine rings is 1. The minimum Gasteiger partial charge on any atom is -0.494 e. The van der Waals surface area contributed by atoms with Gasteiger partial charge in [0.2, 0.25) is 5.91 Å². The molecular formula is C29H37N5O6.